The van der Waals surface area contributed by atoms with Crippen molar-refractivity contribution in [1.29, 1.82) is 0 Å². The van der Waals surface area contributed by atoms with E-state index in [1.165, 1.54) is 0 Å². The minimum Gasteiger partial charge on any atom is -0.497 e. The second-order valence-electron chi connectivity index (χ2n) is 7.81. The number of pyridine rings is 1. The van der Waals surface area contributed by atoms with Crippen LogP contribution in [0.5, 0.6) is 17.2 Å². The molecule has 0 saturated carbocycles. The molecule has 1 amide bonds. The third kappa shape index (κ3) is 5.52. The van der Waals surface area contributed by atoms with E-state index in [1.807, 2.05) is 71.6 Å². The number of likely N-dealkylation sites (tertiary alicyclic amines) is 1. The molecule has 6 nitrogen and oxygen atoms in total. The van der Waals surface area contributed by atoms with Crippen LogP contribution in [0.2, 0.25) is 0 Å². The van der Waals surface area contributed by atoms with Crippen molar-refractivity contribution >= 4 is 12.0 Å². The number of hydrogen-bond donors (Lipinski definition) is 0. The van der Waals surface area contributed by atoms with Crippen LogP contribution in [0.25, 0.3) is 6.08 Å². The highest BCUT2D eigenvalue weighted by atomic mass is 16.5. The summed E-state index contributed by atoms with van der Waals surface area (Å²) >= 11 is 0. The lowest BCUT2D eigenvalue weighted by molar-refractivity contribution is -0.126. The van der Waals surface area contributed by atoms with E-state index in [-0.39, 0.29) is 11.9 Å². The number of nitrogens with zero attached hydrogens (tertiary/aromatic N) is 2. The predicted molar refractivity (Wildman–Crippen MR) is 127 cm³/mol. The average molecular weight is 445 g/mol. The molecule has 2 aromatic carbocycles. The lowest BCUT2D eigenvalue weighted by Crippen LogP contribution is -2.29. The summed E-state index contributed by atoms with van der Waals surface area (Å²) in [6, 6.07) is 19.2. The summed E-state index contributed by atoms with van der Waals surface area (Å²) in [4.78, 5) is 19.2. The molecule has 0 spiro atoms. The molecule has 0 radical (unpaired) electrons. The van der Waals surface area contributed by atoms with Crippen molar-refractivity contribution in [3.05, 3.63) is 89.8 Å². The summed E-state index contributed by atoms with van der Waals surface area (Å²) in [6.45, 7) is 1.14. The highest BCUT2D eigenvalue weighted by molar-refractivity contribution is 5.92. The minimum absolute atomic E-state index is 0.00847. The van der Waals surface area contributed by atoms with Gasteiger partial charge in [0, 0.05) is 30.4 Å². The van der Waals surface area contributed by atoms with Gasteiger partial charge in [0.25, 0.3) is 0 Å². The first-order valence-electron chi connectivity index (χ1n) is 11.0. The minimum atomic E-state index is -0.00891. The summed E-state index contributed by atoms with van der Waals surface area (Å²) in [7, 11) is 3.27. The van der Waals surface area contributed by atoms with E-state index in [0.29, 0.717) is 6.61 Å². The first-order valence-corrected chi connectivity index (χ1v) is 11.0. The highest BCUT2D eigenvalue weighted by Gasteiger charge is 2.31. The Hall–Kier alpha value is -3.80. The Bertz CT molecular complexity index is 1100. The lowest BCUT2D eigenvalue weighted by Gasteiger charge is -2.25. The Morgan fingerprint density at radius 3 is 2.61 bits per heavy atom. The van der Waals surface area contributed by atoms with Gasteiger partial charge < -0.3 is 19.1 Å². The molecule has 33 heavy (non-hydrogen) atoms. The van der Waals surface area contributed by atoms with Crippen molar-refractivity contribution in [3.8, 4) is 17.2 Å². The molecule has 1 unspecified atom stereocenters. The van der Waals surface area contributed by atoms with Crippen LogP contribution < -0.4 is 14.2 Å². The van der Waals surface area contributed by atoms with Crippen LogP contribution >= 0.6 is 0 Å². The molecular formula is C27H28N2O4. The molecule has 0 N–H and O–H groups in total. The molecule has 3 aromatic rings. The summed E-state index contributed by atoms with van der Waals surface area (Å²) in [5.41, 5.74) is 2.82. The largest absolute Gasteiger partial charge is 0.497 e. The Kier molecular flexibility index (Phi) is 7.25. The summed E-state index contributed by atoms with van der Waals surface area (Å²) < 4.78 is 16.6. The van der Waals surface area contributed by atoms with Crippen LogP contribution in [0, 0.1) is 0 Å². The Labute approximate surface area is 194 Å². The molecule has 1 aromatic heterocycles. The van der Waals surface area contributed by atoms with Gasteiger partial charge in [0.15, 0.2) is 0 Å². The van der Waals surface area contributed by atoms with Crippen LogP contribution in [0.3, 0.4) is 0 Å². The fraction of sp³-hybridized carbons (Fsp3) is 0.259. The number of methoxy groups -OCH3 is 2. The molecule has 0 bridgehead atoms. The fourth-order valence-corrected chi connectivity index (χ4v) is 4.03. The van der Waals surface area contributed by atoms with E-state index in [0.717, 1.165) is 53.5 Å². The number of carbonyl (C=O) groups excluding carboxylic acids is 1. The van der Waals surface area contributed by atoms with Crippen LogP contribution in [0.15, 0.2) is 72.9 Å². The highest BCUT2D eigenvalue weighted by Crippen LogP contribution is 2.38. The van der Waals surface area contributed by atoms with Crippen molar-refractivity contribution in [3.63, 3.8) is 0 Å². The zero-order valence-corrected chi connectivity index (χ0v) is 18.9. The molecular weight excluding hydrogens is 416 g/mol. The number of hydrogen-bond acceptors (Lipinski definition) is 5. The van der Waals surface area contributed by atoms with Crippen molar-refractivity contribution in [2.45, 2.75) is 25.5 Å². The third-order valence-corrected chi connectivity index (χ3v) is 5.75. The van der Waals surface area contributed by atoms with Gasteiger partial charge in [0.2, 0.25) is 5.91 Å². The van der Waals surface area contributed by atoms with Crippen molar-refractivity contribution in [2.24, 2.45) is 0 Å². The van der Waals surface area contributed by atoms with E-state index in [1.54, 1.807) is 26.5 Å². The van der Waals surface area contributed by atoms with Crippen LogP contribution in [-0.4, -0.2) is 36.6 Å². The molecule has 6 heteroatoms. The van der Waals surface area contributed by atoms with E-state index in [4.69, 9.17) is 14.2 Å². The third-order valence-electron chi connectivity index (χ3n) is 5.75. The smallest absolute Gasteiger partial charge is 0.247 e. The fourth-order valence-electron chi connectivity index (χ4n) is 4.03. The SMILES string of the molecule is COc1ccc(C2CCCN2C(=O)/C=C/c2ccc(OCc3ccccn3)cc2)c(OC)c1. The van der Waals surface area contributed by atoms with Crippen LogP contribution in [0.1, 0.15) is 35.7 Å². The van der Waals surface area contributed by atoms with Gasteiger partial charge in [-0.15, -0.1) is 0 Å². The zero-order chi connectivity index (χ0) is 23.0. The lowest BCUT2D eigenvalue weighted by atomic mass is 10.0. The van der Waals surface area contributed by atoms with E-state index >= 15 is 0 Å². The second-order valence-corrected chi connectivity index (χ2v) is 7.81. The Balaban J connectivity index is 1.39. The van der Waals surface area contributed by atoms with Crippen molar-refractivity contribution < 1.29 is 19.0 Å². The quantitative estimate of drug-likeness (QED) is 0.455. The Morgan fingerprint density at radius 1 is 1.06 bits per heavy atom. The molecule has 1 saturated heterocycles. The first-order chi connectivity index (χ1) is 16.2. The van der Waals surface area contributed by atoms with Gasteiger partial charge in [-0.2, -0.15) is 0 Å². The number of benzene rings is 2. The summed E-state index contributed by atoms with van der Waals surface area (Å²) in [6.07, 6.45) is 7.09. The van der Waals surface area contributed by atoms with Crippen LogP contribution in [0.4, 0.5) is 0 Å². The predicted octanol–water partition coefficient (Wildman–Crippen LogP) is 5.05. The number of amides is 1. The maximum Gasteiger partial charge on any atom is 0.247 e. The van der Waals surface area contributed by atoms with E-state index in [9.17, 15) is 4.79 Å². The number of carbonyl (C=O) groups is 1. The Morgan fingerprint density at radius 2 is 1.88 bits per heavy atom. The molecule has 1 atom stereocenters. The standard InChI is InChI=1S/C27H28N2O4/c1-31-23-13-14-24(26(18-23)32-2)25-7-5-17-29(25)27(30)15-10-20-8-11-22(12-9-20)33-19-21-6-3-4-16-28-21/h3-4,6,8-16,18,25H,5,7,17,19H2,1-2H3/b15-10+. The number of aromatic nitrogens is 1. The molecule has 1 fully saturated rings. The molecule has 1 aliphatic rings. The summed E-state index contributed by atoms with van der Waals surface area (Å²) in [5, 5.41) is 0. The molecule has 4 rings (SSSR count). The topological polar surface area (TPSA) is 60.9 Å². The van der Waals surface area contributed by atoms with E-state index in [2.05, 4.69) is 4.98 Å². The van der Waals surface area contributed by atoms with Crippen molar-refractivity contribution in [2.75, 3.05) is 20.8 Å². The van der Waals surface area contributed by atoms with Crippen LogP contribution in [-0.2, 0) is 11.4 Å². The number of ether oxygens (including phenoxy) is 3. The van der Waals surface area contributed by atoms with Crippen molar-refractivity contribution in [1.82, 2.24) is 9.88 Å². The molecule has 1 aliphatic heterocycles. The van der Waals surface area contributed by atoms with Gasteiger partial charge in [-0.1, -0.05) is 18.2 Å². The average Bonchev–Trinajstić information content (AvgIpc) is 3.36. The molecule has 2 heterocycles. The monoisotopic (exact) mass is 444 g/mol. The van der Waals surface area contributed by atoms with Gasteiger partial charge in [0.05, 0.1) is 26.0 Å². The number of rotatable bonds is 8. The first kappa shape index (κ1) is 22.4. The van der Waals surface area contributed by atoms with Gasteiger partial charge in [-0.25, -0.2) is 0 Å². The van der Waals surface area contributed by atoms with Gasteiger partial charge >= 0.3 is 0 Å². The maximum atomic E-state index is 13.0. The van der Waals surface area contributed by atoms with Gasteiger partial charge in [-0.3, -0.25) is 9.78 Å². The maximum absolute atomic E-state index is 13.0. The second kappa shape index (κ2) is 10.7. The normalized spacial score (nSPS) is 15.6. The van der Waals surface area contributed by atoms with Gasteiger partial charge in [-0.05, 0) is 60.9 Å². The zero-order valence-electron chi connectivity index (χ0n) is 18.9. The van der Waals surface area contributed by atoms with Gasteiger partial charge in [0.1, 0.15) is 23.9 Å². The summed E-state index contributed by atoms with van der Waals surface area (Å²) in [5.74, 6) is 2.23. The molecule has 170 valence electrons. The molecule has 0 aliphatic carbocycles. The van der Waals surface area contributed by atoms with E-state index < -0.39 is 0 Å².